The summed E-state index contributed by atoms with van der Waals surface area (Å²) in [4.78, 5) is 0.170. The van der Waals surface area contributed by atoms with Crippen molar-refractivity contribution in [3.8, 4) is 6.07 Å². The van der Waals surface area contributed by atoms with E-state index in [9.17, 15) is 8.42 Å². The Morgan fingerprint density at radius 3 is 2.48 bits per heavy atom. The standard InChI is InChI=1S/C15H13ClN2O2S/c16-9-8-12-4-6-15(7-5-12)21(19,20)18-14-3-1-2-13(10-14)11-17/h1-7,10,18H,8-9H2. The molecule has 108 valence electrons. The summed E-state index contributed by atoms with van der Waals surface area (Å²) in [6.07, 6.45) is 0.694. The van der Waals surface area contributed by atoms with Gasteiger partial charge in [0.1, 0.15) is 0 Å². The second-order valence-electron chi connectivity index (χ2n) is 4.38. The maximum absolute atomic E-state index is 12.3. The predicted octanol–water partition coefficient (Wildman–Crippen LogP) is 3.14. The average molecular weight is 321 g/mol. The van der Waals surface area contributed by atoms with E-state index < -0.39 is 10.0 Å². The molecule has 0 aliphatic heterocycles. The number of aryl methyl sites for hydroxylation is 1. The number of sulfonamides is 1. The lowest BCUT2D eigenvalue weighted by Crippen LogP contribution is -2.13. The topological polar surface area (TPSA) is 70.0 Å². The number of nitriles is 1. The lowest BCUT2D eigenvalue weighted by Gasteiger charge is -2.09. The highest BCUT2D eigenvalue weighted by Crippen LogP contribution is 2.17. The van der Waals surface area contributed by atoms with Crippen LogP contribution in [-0.2, 0) is 16.4 Å². The molecule has 0 amide bonds. The number of rotatable bonds is 5. The van der Waals surface area contributed by atoms with E-state index in [1.807, 2.05) is 6.07 Å². The fourth-order valence-electron chi connectivity index (χ4n) is 1.81. The van der Waals surface area contributed by atoms with Gasteiger partial charge in [0.25, 0.3) is 10.0 Å². The first-order valence-corrected chi connectivity index (χ1v) is 8.25. The van der Waals surface area contributed by atoms with Crippen LogP contribution in [0.15, 0.2) is 53.4 Å². The largest absolute Gasteiger partial charge is 0.280 e. The van der Waals surface area contributed by atoms with Gasteiger partial charge in [-0.25, -0.2) is 8.42 Å². The van der Waals surface area contributed by atoms with Gasteiger partial charge in [0.15, 0.2) is 0 Å². The monoisotopic (exact) mass is 320 g/mol. The number of nitrogens with zero attached hydrogens (tertiary/aromatic N) is 1. The van der Waals surface area contributed by atoms with Crippen molar-refractivity contribution in [3.63, 3.8) is 0 Å². The summed E-state index contributed by atoms with van der Waals surface area (Å²) >= 11 is 5.64. The average Bonchev–Trinajstić information content (AvgIpc) is 2.48. The second kappa shape index (κ2) is 6.61. The maximum atomic E-state index is 12.3. The Morgan fingerprint density at radius 1 is 1.14 bits per heavy atom. The third kappa shape index (κ3) is 3.97. The minimum atomic E-state index is -3.66. The van der Waals surface area contributed by atoms with E-state index in [4.69, 9.17) is 16.9 Å². The van der Waals surface area contributed by atoms with Gasteiger partial charge in [-0.15, -0.1) is 11.6 Å². The van der Waals surface area contributed by atoms with E-state index in [-0.39, 0.29) is 4.90 Å². The van der Waals surface area contributed by atoms with Gasteiger partial charge in [0, 0.05) is 5.88 Å². The molecule has 4 nitrogen and oxygen atoms in total. The molecule has 0 spiro atoms. The molecule has 0 aliphatic carbocycles. The number of hydrogen-bond donors (Lipinski definition) is 1. The first-order chi connectivity index (χ1) is 10.0. The molecule has 2 rings (SSSR count). The predicted molar refractivity (Wildman–Crippen MR) is 82.8 cm³/mol. The van der Waals surface area contributed by atoms with E-state index in [0.29, 0.717) is 23.6 Å². The normalized spacial score (nSPS) is 10.9. The maximum Gasteiger partial charge on any atom is 0.261 e. The summed E-state index contributed by atoms with van der Waals surface area (Å²) in [6.45, 7) is 0. The second-order valence-corrected chi connectivity index (χ2v) is 6.44. The molecule has 0 radical (unpaired) electrons. The number of hydrogen-bond acceptors (Lipinski definition) is 3. The van der Waals surface area contributed by atoms with Crippen LogP contribution in [0.4, 0.5) is 5.69 Å². The highest BCUT2D eigenvalue weighted by atomic mass is 35.5. The Balaban J connectivity index is 2.23. The van der Waals surface area contributed by atoms with Crippen molar-refractivity contribution in [1.29, 1.82) is 5.26 Å². The van der Waals surface area contributed by atoms with E-state index in [2.05, 4.69) is 4.72 Å². The smallest absolute Gasteiger partial charge is 0.261 e. The van der Waals surface area contributed by atoms with Gasteiger partial charge in [-0.3, -0.25) is 4.72 Å². The minimum absolute atomic E-state index is 0.170. The van der Waals surface area contributed by atoms with Gasteiger partial charge < -0.3 is 0 Å². The molecule has 0 bridgehead atoms. The molecular formula is C15H13ClN2O2S. The number of alkyl halides is 1. The van der Waals surface area contributed by atoms with Crippen molar-refractivity contribution in [1.82, 2.24) is 0 Å². The van der Waals surface area contributed by atoms with E-state index in [1.165, 1.54) is 6.07 Å². The van der Waals surface area contributed by atoms with Gasteiger partial charge in [-0.05, 0) is 42.3 Å². The van der Waals surface area contributed by atoms with Crippen molar-refractivity contribution in [2.75, 3.05) is 10.6 Å². The quantitative estimate of drug-likeness (QED) is 0.860. The van der Waals surface area contributed by atoms with E-state index in [1.54, 1.807) is 42.5 Å². The van der Waals surface area contributed by atoms with Crippen LogP contribution in [0.1, 0.15) is 11.1 Å². The Morgan fingerprint density at radius 2 is 1.86 bits per heavy atom. The van der Waals surface area contributed by atoms with Crippen molar-refractivity contribution in [2.24, 2.45) is 0 Å². The Labute approximate surface area is 129 Å². The number of halogens is 1. The van der Waals surface area contributed by atoms with Crippen molar-refractivity contribution in [2.45, 2.75) is 11.3 Å². The van der Waals surface area contributed by atoms with Gasteiger partial charge in [0.05, 0.1) is 22.2 Å². The van der Waals surface area contributed by atoms with Crippen LogP contribution in [0, 0.1) is 11.3 Å². The molecule has 21 heavy (non-hydrogen) atoms. The highest BCUT2D eigenvalue weighted by molar-refractivity contribution is 7.92. The minimum Gasteiger partial charge on any atom is -0.280 e. The third-order valence-electron chi connectivity index (χ3n) is 2.86. The molecule has 0 saturated carbocycles. The third-order valence-corrected chi connectivity index (χ3v) is 4.45. The first-order valence-electron chi connectivity index (χ1n) is 6.23. The van der Waals surface area contributed by atoms with Crippen LogP contribution in [0.3, 0.4) is 0 Å². The van der Waals surface area contributed by atoms with Crippen LogP contribution in [0.25, 0.3) is 0 Å². The highest BCUT2D eigenvalue weighted by Gasteiger charge is 2.14. The molecule has 0 fully saturated rings. The first kappa shape index (κ1) is 15.4. The molecule has 2 aromatic carbocycles. The van der Waals surface area contributed by atoms with Crippen LogP contribution in [-0.4, -0.2) is 14.3 Å². The van der Waals surface area contributed by atoms with Crippen LogP contribution in [0.2, 0.25) is 0 Å². The van der Waals surface area contributed by atoms with Gasteiger partial charge in [0.2, 0.25) is 0 Å². The van der Waals surface area contributed by atoms with Crippen molar-refractivity contribution < 1.29 is 8.42 Å². The molecular weight excluding hydrogens is 308 g/mol. The molecule has 1 N–H and O–H groups in total. The van der Waals surface area contributed by atoms with Gasteiger partial charge in [-0.2, -0.15) is 5.26 Å². The Hall–Kier alpha value is -2.03. The Bertz CT molecular complexity index is 765. The molecule has 2 aromatic rings. The molecule has 0 saturated heterocycles. The van der Waals surface area contributed by atoms with Crippen LogP contribution >= 0.6 is 11.6 Å². The molecule has 0 unspecified atom stereocenters. The Kier molecular flexibility index (Phi) is 4.84. The van der Waals surface area contributed by atoms with Crippen molar-refractivity contribution >= 4 is 27.3 Å². The fourth-order valence-corrected chi connectivity index (χ4v) is 3.08. The molecule has 0 aliphatic rings. The number of nitrogens with one attached hydrogen (secondary N) is 1. The summed E-state index contributed by atoms with van der Waals surface area (Å²) in [6, 6.07) is 14.8. The zero-order valence-corrected chi connectivity index (χ0v) is 12.7. The SMILES string of the molecule is N#Cc1cccc(NS(=O)(=O)c2ccc(CCCl)cc2)c1. The molecule has 6 heteroatoms. The summed E-state index contributed by atoms with van der Waals surface area (Å²) in [5, 5.41) is 8.82. The summed E-state index contributed by atoms with van der Waals surface area (Å²) < 4.78 is 27.0. The van der Waals surface area contributed by atoms with E-state index in [0.717, 1.165) is 5.56 Å². The van der Waals surface area contributed by atoms with Crippen LogP contribution < -0.4 is 4.72 Å². The molecule has 0 heterocycles. The lowest BCUT2D eigenvalue weighted by atomic mass is 10.2. The van der Waals surface area contributed by atoms with Gasteiger partial charge >= 0.3 is 0 Å². The van der Waals surface area contributed by atoms with E-state index >= 15 is 0 Å². The number of anilines is 1. The lowest BCUT2D eigenvalue weighted by molar-refractivity contribution is 0.601. The van der Waals surface area contributed by atoms with Gasteiger partial charge in [-0.1, -0.05) is 18.2 Å². The summed E-state index contributed by atoms with van der Waals surface area (Å²) in [5.41, 5.74) is 1.74. The summed E-state index contributed by atoms with van der Waals surface area (Å²) in [7, 11) is -3.66. The number of benzene rings is 2. The molecule has 0 atom stereocenters. The molecule has 0 aromatic heterocycles. The zero-order chi connectivity index (χ0) is 15.3. The van der Waals surface area contributed by atoms with Crippen molar-refractivity contribution in [3.05, 3.63) is 59.7 Å². The summed E-state index contributed by atoms with van der Waals surface area (Å²) in [5.74, 6) is 0.491. The zero-order valence-electron chi connectivity index (χ0n) is 11.1. The fraction of sp³-hybridized carbons (Fsp3) is 0.133. The van der Waals surface area contributed by atoms with Crippen LogP contribution in [0.5, 0.6) is 0 Å².